The third-order valence-corrected chi connectivity index (χ3v) is 6.84. The average molecular weight is 556 g/mol. The van der Waals surface area contributed by atoms with Crippen molar-refractivity contribution in [2.45, 2.75) is 32.0 Å². The summed E-state index contributed by atoms with van der Waals surface area (Å²) in [5, 5.41) is 8.49. The SMILES string of the molecule is Cc1c(Cl)cccc1NC(=O)c1cc(NC(=O)c2ccccc2C(F)(F)F)cc2[nH]c(C3CCC(=O)N3)nc12. The molecule has 1 fully saturated rings. The van der Waals surface area contributed by atoms with Crippen molar-refractivity contribution in [3.63, 3.8) is 0 Å². The molecule has 5 rings (SSSR count). The van der Waals surface area contributed by atoms with Gasteiger partial charge in [-0.25, -0.2) is 4.98 Å². The number of nitrogens with one attached hydrogen (secondary N) is 4. The van der Waals surface area contributed by atoms with Crippen LogP contribution in [0.3, 0.4) is 0 Å². The van der Waals surface area contributed by atoms with Gasteiger partial charge in [0, 0.05) is 22.8 Å². The van der Waals surface area contributed by atoms with Crippen molar-refractivity contribution >= 4 is 51.7 Å². The largest absolute Gasteiger partial charge is 0.417 e. The van der Waals surface area contributed by atoms with Crippen molar-refractivity contribution in [3.8, 4) is 0 Å². The molecule has 1 aliphatic heterocycles. The molecule has 0 bridgehead atoms. The lowest BCUT2D eigenvalue weighted by Crippen LogP contribution is -2.19. The summed E-state index contributed by atoms with van der Waals surface area (Å²) in [6, 6.07) is 11.8. The number of carbonyl (C=O) groups excluding carboxylic acids is 3. The summed E-state index contributed by atoms with van der Waals surface area (Å²) in [5.74, 6) is -1.30. The van der Waals surface area contributed by atoms with Crippen LogP contribution in [0.25, 0.3) is 11.0 Å². The Balaban J connectivity index is 1.55. The summed E-state index contributed by atoms with van der Waals surface area (Å²) in [6.07, 6.45) is -3.91. The van der Waals surface area contributed by atoms with Gasteiger partial charge in [-0.1, -0.05) is 29.8 Å². The number of halogens is 4. The normalized spacial score (nSPS) is 15.3. The summed E-state index contributed by atoms with van der Waals surface area (Å²) in [5.41, 5.74) is 0.170. The average Bonchev–Trinajstić information content (AvgIpc) is 3.52. The summed E-state index contributed by atoms with van der Waals surface area (Å²) in [6.45, 7) is 1.73. The lowest BCUT2D eigenvalue weighted by molar-refractivity contribution is -0.137. The molecule has 12 heteroatoms. The molecule has 200 valence electrons. The lowest BCUT2D eigenvalue weighted by atomic mass is 10.1. The third kappa shape index (κ3) is 5.30. The number of rotatable bonds is 5. The highest BCUT2D eigenvalue weighted by Crippen LogP contribution is 2.33. The molecule has 1 unspecified atom stereocenters. The molecule has 1 atom stereocenters. The first kappa shape index (κ1) is 26.2. The molecule has 3 amide bonds. The zero-order valence-corrected chi connectivity index (χ0v) is 21.1. The Morgan fingerprint density at radius 2 is 1.77 bits per heavy atom. The molecule has 1 saturated heterocycles. The van der Waals surface area contributed by atoms with Crippen LogP contribution in [0.5, 0.6) is 0 Å². The standard InChI is InChI=1S/C27H21ClF3N5O3/c1-13-18(28)7-4-8-19(13)35-26(39)16-11-14(32-25(38)15-5-2-3-6-17(15)27(29,30)31)12-21-23(16)36-24(34-21)20-9-10-22(37)33-20/h2-8,11-12,20H,9-10H2,1H3,(H,32,38)(H,33,37)(H,34,36)(H,35,39). The van der Waals surface area contributed by atoms with E-state index in [1.807, 2.05) is 0 Å². The van der Waals surface area contributed by atoms with Crippen molar-refractivity contribution in [2.75, 3.05) is 10.6 Å². The van der Waals surface area contributed by atoms with Gasteiger partial charge in [0.05, 0.1) is 28.2 Å². The number of H-pyrrole nitrogens is 1. The fraction of sp³-hybridized carbons (Fsp3) is 0.185. The van der Waals surface area contributed by atoms with Crippen molar-refractivity contribution in [3.05, 3.63) is 87.7 Å². The number of hydrogen-bond acceptors (Lipinski definition) is 4. The Hall–Kier alpha value is -4.38. The van der Waals surface area contributed by atoms with Crippen LogP contribution in [0.1, 0.15) is 56.6 Å². The summed E-state index contributed by atoms with van der Waals surface area (Å²) in [4.78, 5) is 45.7. The molecular formula is C27H21ClF3N5O3. The highest BCUT2D eigenvalue weighted by atomic mass is 35.5. The van der Waals surface area contributed by atoms with Crippen molar-refractivity contribution in [2.24, 2.45) is 0 Å². The van der Waals surface area contributed by atoms with E-state index >= 15 is 0 Å². The number of benzene rings is 3. The Morgan fingerprint density at radius 1 is 1.03 bits per heavy atom. The molecule has 0 saturated carbocycles. The van der Waals surface area contributed by atoms with E-state index in [9.17, 15) is 27.6 Å². The van der Waals surface area contributed by atoms with Crippen LogP contribution in [-0.4, -0.2) is 27.7 Å². The maximum absolute atomic E-state index is 13.5. The second kappa shape index (κ2) is 10.1. The minimum Gasteiger partial charge on any atom is -0.346 e. The molecule has 39 heavy (non-hydrogen) atoms. The molecule has 0 spiro atoms. The number of anilines is 2. The number of fused-ring (bicyclic) bond motifs is 1. The van der Waals surface area contributed by atoms with E-state index in [-0.39, 0.29) is 22.7 Å². The van der Waals surface area contributed by atoms with Gasteiger partial charge in [-0.15, -0.1) is 0 Å². The highest BCUT2D eigenvalue weighted by Gasteiger charge is 2.35. The van der Waals surface area contributed by atoms with E-state index in [2.05, 4.69) is 25.9 Å². The van der Waals surface area contributed by atoms with Gasteiger partial charge in [0.15, 0.2) is 0 Å². The monoisotopic (exact) mass is 555 g/mol. The Labute approximate surface area is 225 Å². The molecule has 3 aromatic carbocycles. The van der Waals surface area contributed by atoms with Gasteiger partial charge in [0.25, 0.3) is 11.8 Å². The molecule has 0 aliphatic carbocycles. The lowest BCUT2D eigenvalue weighted by Gasteiger charge is -2.14. The van der Waals surface area contributed by atoms with Crippen LogP contribution in [0.2, 0.25) is 5.02 Å². The third-order valence-electron chi connectivity index (χ3n) is 6.43. The fourth-order valence-electron chi connectivity index (χ4n) is 4.43. The number of amides is 3. The van der Waals surface area contributed by atoms with E-state index in [0.29, 0.717) is 40.5 Å². The predicted molar refractivity (Wildman–Crippen MR) is 140 cm³/mol. The Kier molecular flexibility index (Phi) is 6.77. The van der Waals surface area contributed by atoms with Gasteiger partial charge in [-0.05, 0) is 55.3 Å². The number of alkyl halides is 3. The van der Waals surface area contributed by atoms with Crippen LogP contribution >= 0.6 is 11.6 Å². The Morgan fingerprint density at radius 3 is 2.49 bits per heavy atom. The molecule has 0 radical (unpaired) electrons. The first-order chi connectivity index (χ1) is 18.5. The minimum atomic E-state index is -4.73. The smallest absolute Gasteiger partial charge is 0.346 e. The molecule has 8 nitrogen and oxygen atoms in total. The topological polar surface area (TPSA) is 116 Å². The van der Waals surface area contributed by atoms with Gasteiger partial charge in [-0.2, -0.15) is 13.2 Å². The second-order valence-electron chi connectivity index (χ2n) is 9.06. The summed E-state index contributed by atoms with van der Waals surface area (Å²) < 4.78 is 40.5. The van der Waals surface area contributed by atoms with Crippen molar-refractivity contribution in [1.29, 1.82) is 0 Å². The molecular weight excluding hydrogens is 535 g/mol. The van der Waals surface area contributed by atoms with E-state index < -0.39 is 35.2 Å². The summed E-state index contributed by atoms with van der Waals surface area (Å²) in [7, 11) is 0. The first-order valence-electron chi connectivity index (χ1n) is 11.9. The van der Waals surface area contributed by atoms with Gasteiger partial charge in [0.1, 0.15) is 11.3 Å². The quantitative estimate of drug-likeness (QED) is 0.242. The maximum Gasteiger partial charge on any atom is 0.417 e. The zero-order chi connectivity index (χ0) is 27.9. The Bertz CT molecular complexity index is 1630. The molecule has 1 aliphatic rings. The zero-order valence-electron chi connectivity index (χ0n) is 20.4. The van der Waals surface area contributed by atoms with Crippen LogP contribution < -0.4 is 16.0 Å². The minimum absolute atomic E-state index is 0.0538. The van der Waals surface area contributed by atoms with Gasteiger partial charge in [-0.3, -0.25) is 14.4 Å². The molecule has 1 aromatic heterocycles. The maximum atomic E-state index is 13.5. The van der Waals surface area contributed by atoms with Gasteiger partial charge in [0.2, 0.25) is 5.91 Å². The van der Waals surface area contributed by atoms with Crippen molar-refractivity contribution in [1.82, 2.24) is 15.3 Å². The van der Waals surface area contributed by atoms with Crippen LogP contribution in [0, 0.1) is 6.92 Å². The number of carbonyl (C=O) groups is 3. The number of aromatic amines is 1. The van der Waals surface area contributed by atoms with Crippen molar-refractivity contribution < 1.29 is 27.6 Å². The molecule has 4 N–H and O–H groups in total. The number of imidazole rings is 1. The van der Waals surface area contributed by atoms with Crippen LogP contribution in [0.4, 0.5) is 24.5 Å². The van der Waals surface area contributed by atoms with Gasteiger partial charge < -0.3 is 20.9 Å². The highest BCUT2D eigenvalue weighted by molar-refractivity contribution is 6.31. The molecule has 2 heterocycles. The number of hydrogen-bond donors (Lipinski definition) is 4. The first-order valence-corrected chi connectivity index (χ1v) is 12.3. The van der Waals surface area contributed by atoms with Crippen LogP contribution in [-0.2, 0) is 11.0 Å². The number of aromatic nitrogens is 2. The predicted octanol–water partition coefficient (Wildman–Crippen LogP) is 6.00. The second-order valence-corrected chi connectivity index (χ2v) is 9.47. The van der Waals surface area contributed by atoms with E-state index in [0.717, 1.165) is 12.1 Å². The summed E-state index contributed by atoms with van der Waals surface area (Å²) >= 11 is 6.18. The van der Waals surface area contributed by atoms with E-state index in [4.69, 9.17) is 11.6 Å². The number of nitrogens with zero attached hydrogens (tertiary/aromatic N) is 1. The van der Waals surface area contributed by atoms with Gasteiger partial charge >= 0.3 is 6.18 Å². The van der Waals surface area contributed by atoms with E-state index in [1.54, 1.807) is 25.1 Å². The van der Waals surface area contributed by atoms with E-state index in [1.165, 1.54) is 24.3 Å². The van der Waals surface area contributed by atoms with Crippen LogP contribution in [0.15, 0.2) is 54.6 Å². The molecule has 4 aromatic rings. The fourth-order valence-corrected chi connectivity index (χ4v) is 4.60.